The molecule has 1 atom stereocenters. The number of thiophene rings is 1. The predicted octanol–water partition coefficient (Wildman–Crippen LogP) is 2.27. The Kier molecular flexibility index (Phi) is 5.48. The summed E-state index contributed by atoms with van der Waals surface area (Å²) in [6.45, 7) is 1.35. The molecule has 1 heterocycles. The predicted molar refractivity (Wildman–Crippen MR) is 88.7 cm³/mol. The van der Waals surface area contributed by atoms with Crippen molar-refractivity contribution in [2.24, 2.45) is 0 Å². The molecule has 0 spiro atoms. The highest BCUT2D eigenvalue weighted by molar-refractivity contribution is 7.10. The average molecular weight is 349 g/mol. The Morgan fingerprint density at radius 2 is 2.17 bits per heavy atom. The molecule has 0 bridgehead atoms. The van der Waals surface area contributed by atoms with Crippen LogP contribution in [-0.2, 0) is 9.53 Å². The summed E-state index contributed by atoms with van der Waals surface area (Å²) in [4.78, 5) is 34.7. The molecule has 1 aromatic carbocycles. The van der Waals surface area contributed by atoms with E-state index in [0.717, 1.165) is 17.0 Å². The highest BCUT2D eigenvalue weighted by Crippen LogP contribution is 2.21. The number of hydrogen-bond donors (Lipinski definition) is 2. The fraction of sp³-hybridized carbons (Fsp3) is 0.200. The Balaban J connectivity index is 1.91. The monoisotopic (exact) mass is 349 g/mol. The van der Waals surface area contributed by atoms with Crippen LogP contribution in [0.25, 0.3) is 0 Å². The van der Waals surface area contributed by atoms with Gasteiger partial charge in [0, 0.05) is 17.0 Å². The molecule has 1 aromatic heterocycles. The van der Waals surface area contributed by atoms with Crippen molar-refractivity contribution in [3.63, 3.8) is 0 Å². The SMILES string of the molecule is C[C@@H](NC(=O)COC(=O)c1ccc([N+](=O)[O-])cc1N)c1cccs1. The van der Waals surface area contributed by atoms with E-state index < -0.39 is 23.4 Å². The van der Waals surface area contributed by atoms with E-state index >= 15 is 0 Å². The number of nitrogens with two attached hydrogens (primary N) is 1. The van der Waals surface area contributed by atoms with Crippen molar-refractivity contribution in [3.8, 4) is 0 Å². The third-order valence-electron chi connectivity index (χ3n) is 3.15. The fourth-order valence-corrected chi connectivity index (χ4v) is 2.68. The normalized spacial score (nSPS) is 11.5. The highest BCUT2D eigenvalue weighted by Gasteiger charge is 2.17. The maximum Gasteiger partial charge on any atom is 0.340 e. The number of ether oxygens (including phenoxy) is 1. The van der Waals surface area contributed by atoms with E-state index in [4.69, 9.17) is 10.5 Å². The number of rotatable bonds is 6. The summed E-state index contributed by atoms with van der Waals surface area (Å²) in [5.74, 6) is -1.27. The lowest BCUT2D eigenvalue weighted by molar-refractivity contribution is -0.384. The Morgan fingerprint density at radius 3 is 2.75 bits per heavy atom. The first-order valence-corrected chi connectivity index (χ1v) is 7.80. The number of nitrogens with one attached hydrogen (secondary N) is 1. The van der Waals surface area contributed by atoms with Crippen LogP contribution in [0.3, 0.4) is 0 Å². The Labute approximate surface area is 141 Å². The number of carbonyl (C=O) groups is 2. The van der Waals surface area contributed by atoms with Gasteiger partial charge in [-0.2, -0.15) is 0 Å². The summed E-state index contributed by atoms with van der Waals surface area (Å²) in [7, 11) is 0. The lowest BCUT2D eigenvalue weighted by Gasteiger charge is -2.12. The number of nitro groups is 1. The maximum absolute atomic E-state index is 11.9. The van der Waals surface area contributed by atoms with Gasteiger partial charge in [0.2, 0.25) is 0 Å². The Morgan fingerprint density at radius 1 is 1.42 bits per heavy atom. The van der Waals surface area contributed by atoms with Gasteiger partial charge in [-0.3, -0.25) is 14.9 Å². The largest absolute Gasteiger partial charge is 0.452 e. The molecule has 0 aliphatic rings. The average Bonchev–Trinajstić information content (AvgIpc) is 3.07. The van der Waals surface area contributed by atoms with E-state index in [1.807, 2.05) is 24.4 Å². The number of nitrogens with zero attached hydrogens (tertiary/aromatic N) is 1. The number of non-ortho nitro benzene ring substituents is 1. The van der Waals surface area contributed by atoms with Crippen molar-refractivity contribution in [3.05, 3.63) is 56.3 Å². The molecule has 0 unspecified atom stereocenters. The first kappa shape index (κ1) is 17.4. The van der Waals surface area contributed by atoms with Gasteiger partial charge in [0.1, 0.15) is 0 Å². The minimum atomic E-state index is -0.818. The molecule has 2 aromatic rings. The lowest BCUT2D eigenvalue weighted by Crippen LogP contribution is -2.30. The summed E-state index contributed by atoms with van der Waals surface area (Å²) in [6.07, 6.45) is 0. The first-order valence-electron chi connectivity index (χ1n) is 6.92. The zero-order valence-corrected chi connectivity index (χ0v) is 13.5. The van der Waals surface area contributed by atoms with Crippen LogP contribution >= 0.6 is 11.3 Å². The van der Waals surface area contributed by atoms with Gasteiger partial charge in [-0.05, 0) is 24.4 Å². The second-order valence-electron chi connectivity index (χ2n) is 4.91. The molecular formula is C15H15N3O5S. The number of hydrogen-bond acceptors (Lipinski definition) is 7. The van der Waals surface area contributed by atoms with Gasteiger partial charge in [-0.25, -0.2) is 4.79 Å². The summed E-state index contributed by atoms with van der Waals surface area (Å²) >= 11 is 1.51. The van der Waals surface area contributed by atoms with Gasteiger partial charge in [0.25, 0.3) is 11.6 Å². The molecule has 0 saturated heterocycles. The quantitative estimate of drug-likeness (QED) is 0.357. The van der Waals surface area contributed by atoms with Crippen molar-refractivity contribution in [2.45, 2.75) is 13.0 Å². The van der Waals surface area contributed by atoms with Gasteiger partial charge < -0.3 is 15.8 Å². The van der Waals surface area contributed by atoms with Crippen molar-refractivity contribution < 1.29 is 19.2 Å². The van der Waals surface area contributed by atoms with Crippen LogP contribution in [0.15, 0.2) is 35.7 Å². The Hall–Kier alpha value is -2.94. The molecule has 0 aliphatic heterocycles. The minimum Gasteiger partial charge on any atom is -0.452 e. The minimum absolute atomic E-state index is 0.0281. The topological polar surface area (TPSA) is 125 Å². The molecule has 8 nitrogen and oxygen atoms in total. The second-order valence-corrected chi connectivity index (χ2v) is 5.89. The molecule has 3 N–H and O–H groups in total. The van der Waals surface area contributed by atoms with Crippen LogP contribution in [0.1, 0.15) is 28.2 Å². The van der Waals surface area contributed by atoms with E-state index in [9.17, 15) is 19.7 Å². The summed E-state index contributed by atoms with van der Waals surface area (Å²) in [6, 6.07) is 6.98. The summed E-state index contributed by atoms with van der Waals surface area (Å²) in [5.41, 5.74) is 5.27. The van der Waals surface area contributed by atoms with Crippen LogP contribution < -0.4 is 11.1 Å². The van der Waals surface area contributed by atoms with Crippen molar-refractivity contribution in [1.29, 1.82) is 0 Å². The standard InChI is InChI=1S/C15H15N3O5S/c1-9(13-3-2-6-24-13)17-14(19)8-23-15(20)11-5-4-10(18(21)22)7-12(11)16/h2-7,9H,8,16H2,1H3,(H,17,19)/t9-/m1/s1. The zero-order valence-electron chi connectivity index (χ0n) is 12.7. The van der Waals surface area contributed by atoms with E-state index in [-0.39, 0.29) is 23.0 Å². The molecular weight excluding hydrogens is 334 g/mol. The maximum atomic E-state index is 11.9. The van der Waals surface area contributed by atoms with Gasteiger partial charge >= 0.3 is 5.97 Å². The summed E-state index contributed by atoms with van der Waals surface area (Å²) < 4.78 is 4.89. The molecule has 24 heavy (non-hydrogen) atoms. The van der Waals surface area contributed by atoms with E-state index in [1.54, 1.807) is 0 Å². The molecule has 0 saturated carbocycles. The van der Waals surface area contributed by atoms with Crippen LogP contribution in [-0.4, -0.2) is 23.4 Å². The van der Waals surface area contributed by atoms with Gasteiger partial charge in [-0.1, -0.05) is 6.07 Å². The van der Waals surface area contributed by atoms with Gasteiger partial charge in [0.05, 0.1) is 22.2 Å². The van der Waals surface area contributed by atoms with Gasteiger partial charge in [0.15, 0.2) is 6.61 Å². The van der Waals surface area contributed by atoms with Crippen molar-refractivity contribution in [1.82, 2.24) is 5.32 Å². The first-order chi connectivity index (χ1) is 11.4. The zero-order chi connectivity index (χ0) is 17.7. The molecule has 126 valence electrons. The smallest absolute Gasteiger partial charge is 0.340 e. The van der Waals surface area contributed by atoms with Gasteiger partial charge in [-0.15, -0.1) is 11.3 Å². The van der Waals surface area contributed by atoms with Crippen molar-refractivity contribution >= 4 is 34.6 Å². The fourth-order valence-electron chi connectivity index (χ4n) is 1.95. The highest BCUT2D eigenvalue weighted by atomic mass is 32.1. The number of esters is 1. The van der Waals surface area contributed by atoms with Crippen molar-refractivity contribution in [2.75, 3.05) is 12.3 Å². The van der Waals surface area contributed by atoms with Crippen LogP contribution in [0, 0.1) is 10.1 Å². The number of nitrogen functional groups attached to an aromatic ring is 1. The molecule has 0 aliphatic carbocycles. The van der Waals surface area contributed by atoms with E-state index in [0.29, 0.717) is 0 Å². The Bertz CT molecular complexity index is 760. The molecule has 9 heteroatoms. The third kappa shape index (κ3) is 4.29. The number of carbonyl (C=O) groups excluding carboxylic acids is 2. The van der Waals surface area contributed by atoms with Crippen LogP contribution in [0.5, 0.6) is 0 Å². The van der Waals surface area contributed by atoms with E-state index in [1.165, 1.54) is 17.4 Å². The lowest BCUT2D eigenvalue weighted by atomic mass is 10.1. The van der Waals surface area contributed by atoms with Crippen LogP contribution in [0.2, 0.25) is 0 Å². The molecule has 0 radical (unpaired) electrons. The second kappa shape index (κ2) is 7.55. The molecule has 2 rings (SSSR count). The number of benzene rings is 1. The van der Waals surface area contributed by atoms with E-state index in [2.05, 4.69) is 5.32 Å². The molecule has 1 amide bonds. The molecule has 0 fully saturated rings. The number of nitro benzene ring substituents is 1. The third-order valence-corrected chi connectivity index (χ3v) is 4.20. The van der Waals surface area contributed by atoms with Crippen LogP contribution in [0.4, 0.5) is 11.4 Å². The number of anilines is 1. The number of amides is 1. The summed E-state index contributed by atoms with van der Waals surface area (Å²) in [5, 5.41) is 15.2.